The maximum atomic E-state index is 15.1. The molecular weight excluding hydrogens is 1940 g/mol. The van der Waals surface area contributed by atoms with Gasteiger partial charge in [-0.1, -0.05) is 71.5 Å². The number of methoxy groups -OCH3 is 1. The quantitative estimate of drug-likeness (QED) is 0.0179. The number of aryl methyl sites for hydroxylation is 9. The van der Waals surface area contributed by atoms with Gasteiger partial charge in [0.25, 0.3) is 0 Å². The third kappa shape index (κ3) is 28.9. The smallest absolute Gasteiger partial charge is 0.432 e. The predicted octanol–water partition coefficient (Wildman–Crippen LogP) is 19.0. The van der Waals surface area contributed by atoms with Gasteiger partial charge < -0.3 is 62.0 Å². The number of carbonyl (C=O) groups excluding carboxylic acids is 1. The van der Waals surface area contributed by atoms with Crippen LogP contribution in [0, 0.1) is 68.1 Å². The molecule has 0 amide bonds. The Bertz CT molecular complexity index is 6600. The van der Waals surface area contributed by atoms with Gasteiger partial charge >= 0.3 is 6.18 Å². The number of nitrogens with two attached hydrogens (primary N) is 1. The highest BCUT2D eigenvalue weighted by Crippen LogP contribution is 2.43. The van der Waals surface area contributed by atoms with E-state index in [9.17, 15) is 34.8 Å². The number of benzene rings is 4. The molecule has 0 bridgehead atoms. The van der Waals surface area contributed by atoms with E-state index in [1.807, 2.05) is 83.9 Å². The molecule has 5 fully saturated rings. The number of anilines is 16. The van der Waals surface area contributed by atoms with Crippen molar-refractivity contribution in [1.82, 2.24) is 105 Å². The SMILES string of the molecule is CCC(=O)CN1CCC(c2cc(C)c(Nc3ncc(Cl)c(Nc4cc(C(F)(F)F)[nH]n4)n3)cc2C)CC1.COc1cc(Nc2ncc(Cl)c(Nc3cc(C)[nH]n3)n2)c(C)cc1C1CCN(C)CC1.Cc1cc(Nc2nc(Nc3cc(C)c(C4CCN(CCS(N)(=O)=O)CC4)cc3F)ncc2Cl)n[nH]1.Cc1cc(Nc2nc(Nc3cc(Cl)c(C4CCN(CCS(=O)(=O)N5CCC5)CC4)cc3C)ncc2C)n[nH]1. The van der Waals surface area contributed by atoms with E-state index in [1.54, 1.807) is 42.0 Å². The lowest BCUT2D eigenvalue weighted by Gasteiger charge is -2.34. The van der Waals surface area contributed by atoms with Crippen LogP contribution >= 0.6 is 46.4 Å². The zero-order valence-electron chi connectivity index (χ0n) is 80.7. The second kappa shape index (κ2) is 47.1. The van der Waals surface area contributed by atoms with Crippen molar-refractivity contribution in [3.8, 4) is 5.75 Å². The van der Waals surface area contributed by atoms with Crippen molar-refractivity contribution in [2.75, 3.05) is 153 Å². The molecule has 0 aliphatic carbocycles. The van der Waals surface area contributed by atoms with Crippen molar-refractivity contribution in [3.05, 3.63) is 202 Å². The summed E-state index contributed by atoms with van der Waals surface area (Å²) in [4.78, 5) is 55.7. The summed E-state index contributed by atoms with van der Waals surface area (Å²) in [5.41, 5.74) is 15.5. The molecule has 141 heavy (non-hydrogen) atoms. The third-order valence-corrected chi connectivity index (χ3v) is 29.4. The van der Waals surface area contributed by atoms with Crippen LogP contribution in [0.5, 0.6) is 5.75 Å². The topological polar surface area (TPSA) is 451 Å². The molecule has 0 saturated carbocycles. The number of carbonyl (C=O) groups is 1. The van der Waals surface area contributed by atoms with Gasteiger partial charge in [0, 0.05) is 114 Å². The first-order valence-electron chi connectivity index (χ1n) is 46.7. The average Bonchev–Trinajstić information content (AvgIpc) is 1.81. The molecule has 754 valence electrons. The van der Waals surface area contributed by atoms with Crippen LogP contribution in [0.4, 0.5) is 111 Å². The van der Waals surface area contributed by atoms with Crippen molar-refractivity contribution in [1.29, 1.82) is 0 Å². The molecule has 17 rings (SSSR count). The Morgan fingerprint density at radius 1 is 0.440 bits per heavy atom. The first-order chi connectivity index (χ1) is 67.2. The number of hydrogen-bond acceptors (Lipinski definition) is 30. The van der Waals surface area contributed by atoms with Crippen molar-refractivity contribution in [2.45, 2.75) is 163 Å². The summed E-state index contributed by atoms with van der Waals surface area (Å²) in [6.45, 7) is 29.9. The van der Waals surface area contributed by atoms with Crippen molar-refractivity contribution in [2.24, 2.45) is 5.14 Å². The number of H-pyrrole nitrogens is 4. The van der Waals surface area contributed by atoms with Gasteiger partial charge in [0.1, 0.15) is 43.9 Å². The number of aromatic nitrogens is 16. The van der Waals surface area contributed by atoms with Gasteiger partial charge in [-0.25, -0.2) is 50.6 Å². The van der Waals surface area contributed by atoms with Crippen LogP contribution in [-0.2, 0) is 31.0 Å². The summed E-state index contributed by atoms with van der Waals surface area (Å²) in [6, 6.07) is 22.3. The number of sulfonamides is 2. The lowest BCUT2D eigenvalue weighted by molar-refractivity contribution is -0.141. The minimum Gasteiger partial charge on any atom is -0.496 e. The molecular formula is C95H120Cl4F4N30O6S2. The molecule has 5 aliphatic heterocycles. The zero-order chi connectivity index (χ0) is 101. The van der Waals surface area contributed by atoms with Crippen LogP contribution in [0.25, 0.3) is 0 Å². The average molecular weight is 2060 g/mol. The van der Waals surface area contributed by atoms with Crippen molar-refractivity contribution >= 4 is 165 Å². The first kappa shape index (κ1) is 105. The van der Waals surface area contributed by atoms with Crippen LogP contribution < -0.4 is 52.4 Å². The largest absolute Gasteiger partial charge is 0.496 e. The Morgan fingerprint density at radius 3 is 1.26 bits per heavy atom. The summed E-state index contributed by atoms with van der Waals surface area (Å²) in [6.07, 6.45) is 11.0. The van der Waals surface area contributed by atoms with E-state index < -0.39 is 37.7 Å². The van der Waals surface area contributed by atoms with Crippen LogP contribution in [0.2, 0.25) is 20.1 Å². The van der Waals surface area contributed by atoms with Crippen LogP contribution in [0.3, 0.4) is 0 Å². The molecule has 46 heteroatoms. The van der Waals surface area contributed by atoms with E-state index in [4.69, 9.17) is 56.3 Å². The molecule has 8 aromatic heterocycles. The van der Waals surface area contributed by atoms with Gasteiger partial charge in [0.05, 0.1) is 49.4 Å². The number of likely N-dealkylation sites (tertiary alicyclic amines) is 4. The number of hydrogen-bond donors (Lipinski definition) is 13. The number of piperidine rings is 4. The number of primary sulfonamides is 1. The third-order valence-electron chi connectivity index (χ3n) is 25.7. The normalized spacial score (nSPS) is 15.8. The van der Waals surface area contributed by atoms with Crippen molar-refractivity contribution < 1.29 is 43.9 Å². The molecule has 36 nitrogen and oxygen atoms in total. The number of ether oxygens (including phenoxy) is 1. The van der Waals surface area contributed by atoms with Crippen LogP contribution in [0.1, 0.15) is 173 Å². The maximum absolute atomic E-state index is 15.1. The fourth-order valence-electron chi connectivity index (χ4n) is 17.5. The Balaban J connectivity index is 0.000000150. The number of nitrogens with zero attached hydrogens (tertiary/aromatic N) is 17. The summed E-state index contributed by atoms with van der Waals surface area (Å²) in [5, 5.41) is 58.2. The number of ketones is 1. The number of nitrogens with one attached hydrogen (secondary N) is 12. The molecule has 0 radical (unpaired) electrons. The fraction of sp³-hybridized carbons (Fsp3) is 0.442. The van der Waals surface area contributed by atoms with Gasteiger partial charge in [0.15, 0.2) is 40.7 Å². The second-order valence-corrected chi connectivity index (χ2v) is 41.8. The van der Waals surface area contributed by atoms with Crippen LogP contribution in [-0.4, -0.2) is 238 Å². The van der Waals surface area contributed by atoms with E-state index in [1.165, 1.54) is 23.5 Å². The molecule has 0 atom stereocenters. The number of aromatic amines is 4. The molecule has 0 spiro atoms. The van der Waals surface area contributed by atoms with E-state index in [0.717, 1.165) is 206 Å². The van der Waals surface area contributed by atoms with Crippen molar-refractivity contribution in [3.63, 3.8) is 0 Å². The molecule has 5 saturated heterocycles. The fourth-order valence-corrected chi connectivity index (χ4v) is 20.3. The second-order valence-electron chi connectivity index (χ2n) is 36.4. The summed E-state index contributed by atoms with van der Waals surface area (Å²) in [5.74, 6) is 7.20. The number of rotatable bonds is 31. The molecule has 12 aromatic rings. The minimum absolute atomic E-state index is 0.0585. The highest BCUT2D eigenvalue weighted by atomic mass is 35.5. The maximum Gasteiger partial charge on any atom is 0.432 e. The van der Waals surface area contributed by atoms with Gasteiger partial charge in [-0.3, -0.25) is 30.1 Å². The van der Waals surface area contributed by atoms with Gasteiger partial charge in [-0.15, -0.1) is 0 Å². The predicted molar refractivity (Wildman–Crippen MR) is 547 cm³/mol. The van der Waals surface area contributed by atoms with E-state index >= 15 is 4.39 Å². The molecule has 5 aliphatic rings. The standard InChI is InChI=1S/C26H35ClN8O2S.C25H29ClF3N7O.C22H28ClFN8O2S.C22H28ClN7O/c1-17-13-21(20-5-9-34(10-6-20)11-12-38(36,37)35-7-4-8-35)22(27)15-23(17)29-26-28-16-18(2)25(31-26)30-24-14-19(3)32-33-24;1-4-17(37)13-36-7-5-16(6-8-36)18-9-15(3)20(10-14(18)2)31-24-30-12-19(26)23(33-24)32-22-11-21(34-35-22)25(27,28)29;1-13-9-19(27-22-26-12-17(23)21(29-22)28-20-10-14(2)30-31-20)18(24)11-16(13)15-3-5-32(6-4-15)7-8-35(25,33)34;1-13-9-16(15-5-7-30(3)8-6-15)19(31-4)11-18(13)25-22-24-12-17(23)21(27-22)26-20-10-14(2)28-29-20/h13-16,20H,4-12H2,1-3H3,(H3,28,29,30,31,32,33);9-12,16H,4-8,13H2,1-3H3,(H3,30,31,32,33,34,35);9-12,15H,3-8H2,1-2H3,(H2,25,33,34)(H3,26,27,28,29,30,31);9-12,15H,5-8H2,1-4H3,(H3,24,25,26,27,28,29). The minimum atomic E-state index is -4.54. The highest BCUT2D eigenvalue weighted by Gasteiger charge is 2.35. The lowest BCUT2D eigenvalue weighted by atomic mass is 9.85. The van der Waals surface area contributed by atoms with Crippen LogP contribution in [0.15, 0.2) is 97.6 Å². The number of Topliss-reactive ketones (excluding diaryl/α,β-unsaturated/α-hetero) is 1. The Morgan fingerprint density at radius 2 is 0.823 bits per heavy atom. The lowest BCUT2D eigenvalue weighted by Crippen LogP contribution is -2.46. The van der Waals surface area contributed by atoms with E-state index in [0.29, 0.717) is 114 Å². The molecule has 13 heterocycles. The molecule has 14 N–H and O–H groups in total. The Kier molecular flexibility index (Phi) is 35.2. The van der Waals surface area contributed by atoms with Gasteiger partial charge in [-0.2, -0.15) is 53.5 Å². The number of alkyl halides is 3. The highest BCUT2D eigenvalue weighted by molar-refractivity contribution is 7.89. The number of halogens is 8. The monoisotopic (exact) mass is 2060 g/mol. The van der Waals surface area contributed by atoms with E-state index in [2.05, 4.69) is 184 Å². The zero-order valence-corrected chi connectivity index (χ0v) is 85.4. The summed E-state index contributed by atoms with van der Waals surface area (Å²) in [7, 11) is -2.69. The Labute approximate surface area is 837 Å². The summed E-state index contributed by atoms with van der Waals surface area (Å²) >= 11 is 25.4. The summed E-state index contributed by atoms with van der Waals surface area (Å²) < 4.78 is 108. The first-order valence-corrected chi connectivity index (χ1v) is 51.6. The van der Waals surface area contributed by atoms with Gasteiger partial charge in [0.2, 0.25) is 43.8 Å². The molecule has 0 unspecified atom stereocenters. The van der Waals surface area contributed by atoms with E-state index in [-0.39, 0.29) is 57.4 Å². The van der Waals surface area contributed by atoms with Gasteiger partial charge in [-0.05, 0) is 278 Å². The molecule has 4 aromatic carbocycles. The Hall–Kier alpha value is -11.6.